The molecule has 1 aromatic carbocycles. The molecule has 0 aliphatic carbocycles. The first kappa shape index (κ1) is 15.0. The van der Waals surface area contributed by atoms with Crippen molar-refractivity contribution < 1.29 is 14.5 Å². The number of ether oxygens (including phenoxy) is 1. The van der Waals surface area contributed by atoms with E-state index >= 15 is 0 Å². The molecule has 21 heavy (non-hydrogen) atoms. The van der Waals surface area contributed by atoms with Crippen LogP contribution in [0.2, 0.25) is 0 Å². The van der Waals surface area contributed by atoms with Crippen molar-refractivity contribution >= 4 is 28.7 Å². The lowest BCUT2D eigenvalue weighted by atomic mass is 10.0. The predicted molar refractivity (Wildman–Crippen MR) is 81.5 cm³/mol. The van der Waals surface area contributed by atoms with Crippen LogP contribution in [0.1, 0.15) is 22.2 Å². The molecule has 0 radical (unpaired) electrons. The van der Waals surface area contributed by atoms with Crippen molar-refractivity contribution in [1.29, 1.82) is 0 Å². The molecule has 0 saturated carbocycles. The normalized spacial score (nSPS) is 10.4. The summed E-state index contributed by atoms with van der Waals surface area (Å²) in [7, 11) is 1.28. The van der Waals surface area contributed by atoms with E-state index < -0.39 is 10.9 Å². The van der Waals surface area contributed by atoms with Gasteiger partial charge in [0.25, 0.3) is 5.69 Å². The lowest BCUT2D eigenvalue weighted by Gasteiger charge is -2.03. The van der Waals surface area contributed by atoms with Crippen molar-refractivity contribution in [3.8, 4) is 10.4 Å². The number of thiophene rings is 1. The number of hydrogen-bond acceptors (Lipinski definition) is 6. The Kier molecular flexibility index (Phi) is 4.23. The topological polar surface area (TPSA) is 95.5 Å². The van der Waals surface area contributed by atoms with E-state index in [4.69, 9.17) is 10.5 Å². The summed E-state index contributed by atoms with van der Waals surface area (Å²) < 4.78 is 4.70. The Bertz CT molecular complexity index is 709. The number of benzene rings is 1. The van der Waals surface area contributed by atoms with Crippen molar-refractivity contribution in [2.45, 2.75) is 13.3 Å². The number of nitrogens with two attached hydrogens (primary N) is 1. The molecule has 1 aromatic heterocycles. The van der Waals surface area contributed by atoms with E-state index in [1.807, 2.05) is 6.92 Å². The number of carbonyl (C=O) groups is 1. The first-order chi connectivity index (χ1) is 10.0. The van der Waals surface area contributed by atoms with Gasteiger partial charge in [0.05, 0.1) is 23.3 Å². The fourth-order valence-electron chi connectivity index (χ4n) is 2.12. The predicted octanol–water partition coefficient (Wildman–Crippen LogP) is 3.25. The van der Waals surface area contributed by atoms with Gasteiger partial charge in [-0.3, -0.25) is 10.1 Å². The molecule has 0 aliphatic heterocycles. The van der Waals surface area contributed by atoms with Crippen molar-refractivity contribution in [1.82, 2.24) is 0 Å². The molecule has 0 spiro atoms. The number of nitro groups is 1. The van der Waals surface area contributed by atoms with Gasteiger partial charge in [0, 0.05) is 10.9 Å². The van der Waals surface area contributed by atoms with Crippen molar-refractivity contribution in [2.75, 3.05) is 12.8 Å². The quantitative estimate of drug-likeness (QED) is 0.531. The van der Waals surface area contributed by atoms with Crippen LogP contribution in [0.3, 0.4) is 0 Å². The van der Waals surface area contributed by atoms with E-state index in [1.54, 1.807) is 18.2 Å². The minimum absolute atomic E-state index is 0.00938. The van der Waals surface area contributed by atoms with Gasteiger partial charge in [-0.2, -0.15) is 0 Å². The first-order valence-electron chi connectivity index (χ1n) is 6.24. The lowest BCUT2D eigenvalue weighted by molar-refractivity contribution is -0.384. The molecule has 2 N–H and O–H groups in total. The molecule has 1 heterocycles. The highest BCUT2D eigenvalue weighted by Crippen LogP contribution is 2.42. The molecule has 0 aliphatic rings. The van der Waals surface area contributed by atoms with Gasteiger partial charge in [0.15, 0.2) is 0 Å². The Balaban J connectivity index is 2.70. The minimum atomic E-state index is -0.531. The van der Waals surface area contributed by atoms with Crippen LogP contribution in [0.25, 0.3) is 10.4 Å². The van der Waals surface area contributed by atoms with Crippen LogP contribution in [0.5, 0.6) is 0 Å². The molecule has 6 nitrogen and oxygen atoms in total. The molecule has 0 bridgehead atoms. The molecule has 110 valence electrons. The Hall–Kier alpha value is -2.41. The van der Waals surface area contributed by atoms with Crippen LogP contribution in [0.15, 0.2) is 24.3 Å². The van der Waals surface area contributed by atoms with E-state index in [-0.39, 0.29) is 10.6 Å². The number of anilines is 1. The molecule has 0 unspecified atom stereocenters. The number of nitrogen functional groups attached to an aromatic ring is 1. The third-order valence-electron chi connectivity index (χ3n) is 3.12. The van der Waals surface area contributed by atoms with E-state index in [0.29, 0.717) is 22.5 Å². The van der Waals surface area contributed by atoms with Crippen LogP contribution in [0.4, 0.5) is 11.4 Å². The minimum Gasteiger partial charge on any atom is -0.465 e. The molecule has 0 saturated heterocycles. The monoisotopic (exact) mass is 306 g/mol. The van der Waals surface area contributed by atoms with E-state index in [9.17, 15) is 14.9 Å². The Morgan fingerprint density at radius 2 is 2.10 bits per heavy atom. The highest BCUT2D eigenvalue weighted by molar-refractivity contribution is 7.18. The van der Waals surface area contributed by atoms with Crippen LogP contribution < -0.4 is 5.73 Å². The van der Waals surface area contributed by atoms with Gasteiger partial charge in [-0.1, -0.05) is 19.1 Å². The molecule has 2 aromatic rings. The standard InChI is InChI=1S/C14H14N2O4S/c1-3-8-11(15)13(14(17)20-2)21-12(8)9-6-4-5-7-10(9)16(18)19/h4-7H,3,15H2,1-2H3. The summed E-state index contributed by atoms with van der Waals surface area (Å²) in [6.07, 6.45) is 0.570. The summed E-state index contributed by atoms with van der Waals surface area (Å²) in [5.41, 5.74) is 7.52. The SMILES string of the molecule is CCc1c(-c2ccccc2[N+](=O)[O-])sc(C(=O)OC)c1N. The third kappa shape index (κ3) is 2.59. The van der Waals surface area contributed by atoms with Crippen molar-refractivity contribution in [2.24, 2.45) is 0 Å². The van der Waals surface area contributed by atoms with Gasteiger partial charge in [-0.25, -0.2) is 4.79 Å². The third-order valence-corrected chi connectivity index (χ3v) is 4.38. The zero-order valence-corrected chi connectivity index (χ0v) is 12.4. The summed E-state index contributed by atoms with van der Waals surface area (Å²) in [5.74, 6) is -0.531. The Morgan fingerprint density at radius 1 is 1.43 bits per heavy atom. The number of para-hydroxylation sites is 1. The van der Waals surface area contributed by atoms with Crippen LogP contribution in [-0.2, 0) is 11.2 Å². The van der Waals surface area contributed by atoms with E-state index in [1.165, 1.54) is 13.2 Å². The highest BCUT2D eigenvalue weighted by Gasteiger charge is 2.25. The number of hydrogen-bond donors (Lipinski definition) is 1. The summed E-state index contributed by atoms with van der Waals surface area (Å²) in [6.45, 7) is 1.89. The maximum Gasteiger partial charge on any atom is 0.350 e. The zero-order chi connectivity index (χ0) is 15.6. The average Bonchev–Trinajstić information content (AvgIpc) is 2.83. The van der Waals surface area contributed by atoms with E-state index in [0.717, 1.165) is 16.9 Å². The van der Waals surface area contributed by atoms with Crippen molar-refractivity contribution in [3.63, 3.8) is 0 Å². The Morgan fingerprint density at radius 3 is 2.67 bits per heavy atom. The van der Waals surface area contributed by atoms with Gasteiger partial charge in [-0.05, 0) is 18.1 Å². The Labute approximate surface area is 125 Å². The lowest BCUT2D eigenvalue weighted by Crippen LogP contribution is -2.02. The maximum absolute atomic E-state index is 11.7. The molecule has 0 atom stereocenters. The van der Waals surface area contributed by atoms with Crippen LogP contribution >= 0.6 is 11.3 Å². The van der Waals surface area contributed by atoms with Gasteiger partial charge in [0.1, 0.15) is 4.88 Å². The number of nitro benzene ring substituents is 1. The first-order valence-corrected chi connectivity index (χ1v) is 7.06. The largest absolute Gasteiger partial charge is 0.465 e. The summed E-state index contributed by atoms with van der Waals surface area (Å²) >= 11 is 1.12. The molecular weight excluding hydrogens is 292 g/mol. The zero-order valence-electron chi connectivity index (χ0n) is 11.6. The fourth-order valence-corrected chi connectivity index (χ4v) is 3.38. The second-order valence-electron chi connectivity index (χ2n) is 4.27. The molecule has 7 heteroatoms. The number of carbonyl (C=O) groups excluding carboxylic acids is 1. The number of methoxy groups -OCH3 is 1. The summed E-state index contributed by atoms with van der Waals surface area (Å²) in [5, 5.41) is 11.2. The van der Waals surface area contributed by atoms with Crippen LogP contribution in [-0.4, -0.2) is 18.0 Å². The van der Waals surface area contributed by atoms with Gasteiger partial charge in [-0.15, -0.1) is 11.3 Å². The van der Waals surface area contributed by atoms with Crippen LogP contribution in [0, 0.1) is 10.1 Å². The smallest absolute Gasteiger partial charge is 0.350 e. The molecule has 0 fully saturated rings. The second-order valence-corrected chi connectivity index (χ2v) is 5.29. The summed E-state index contributed by atoms with van der Waals surface area (Å²) in [6, 6.07) is 6.41. The summed E-state index contributed by atoms with van der Waals surface area (Å²) in [4.78, 5) is 23.4. The average molecular weight is 306 g/mol. The van der Waals surface area contributed by atoms with Crippen molar-refractivity contribution in [3.05, 3.63) is 44.8 Å². The van der Waals surface area contributed by atoms with Gasteiger partial charge >= 0.3 is 5.97 Å². The van der Waals surface area contributed by atoms with E-state index in [2.05, 4.69) is 0 Å². The molecule has 0 amide bonds. The van der Waals surface area contributed by atoms with Gasteiger partial charge in [0.2, 0.25) is 0 Å². The fraction of sp³-hybridized carbons (Fsp3) is 0.214. The number of nitrogens with zero attached hydrogens (tertiary/aromatic N) is 1. The number of rotatable bonds is 4. The molecular formula is C14H14N2O4S. The van der Waals surface area contributed by atoms with Gasteiger partial charge < -0.3 is 10.5 Å². The molecule has 2 rings (SSSR count). The second kappa shape index (κ2) is 5.92. The maximum atomic E-state index is 11.7. The number of esters is 1. The highest BCUT2D eigenvalue weighted by atomic mass is 32.1.